The molecule has 0 aromatic carbocycles. The first-order valence-electron chi connectivity index (χ1n) is 7.80. The van der Waals surface area contributed by atoms with Gasteiger partial charge in [-0.15, -0.1) is 10.2 Å². The number of nitrogens with zero attached hydrogens (tertiary/aromatic N) is 3. The van der Waals surface area contributed by atoms with Crippen molar-refractivity contribution in [3.05, 3.63) is 12.2 Å². The Hall–Kier alpha value is -0.900. The highest BCUT2D eigenvalue weighted by atomic mass is 15.3. The molecule has 1 heterocycles. The molecule has 4 aliphatic carbocycles. The summed E-state index contributed by atoms with van der Waals surface area (Å²) >= 11 is 0. The van der Waals surface area contributed by atoms with Gasteiger partial charge in [0.15, 0.2) is 0 Å². The molecule has 1 atom stereocenters. The molecule has 4 bridgehead atoms. The zero-order valence-corrected chi connectivity index (χ0v) is 11.9. The van der Waals surface area contributed by atoms with Crippen LogP contribution in [0.1, 0.15) is 50.9 Å². The molecule has 4 nitrogen and oxygen atoms in total. The van der Waals surface area contributed by atoms with Crippen LogP contribution in [0.25, 0.3) is 0 Å². The zero-order valence-electron chi connectivity index (χ0n) is 11.9. The van der Waals surface area contributed by atoms with Gasteiger partial charge in [-0.25, -0.2) is 0 Å². The third kappa shape index (κ3) is 1.92. The lowest BCUT2D eigenvalue weighted by Crippen LogP contribution is -2.55. The first-order valence-corrected chi connectivity index (χ1v) is 7.80. The summed E-state index contributed by atoms with van der Waals surface area (Å²) in [6.07, 6.45) is 9.20. The van der Waals surface area contributed by atoms with Gasteiger partial charge in [-0.3, -0.25) is 0 Å². The maximum absolute atomic E-state index is 4.25. The van der Waals surface area contributed by atoms with Crippen LogP contribution in [-0.4, -0.2) is 20.8 Å². The smallest absolute Gasteiger partial charge is 0.149 e. The van der Waals surface area contributed by atoms with Crippen molar-refractivity contribution in [3.8, 4) is 0 Å². The molecule has 4 heteroatoms. The Bertz CT molecular complexity index is 438. The highest BCUT2D eigenvalue weighted by molar-refractivity contribution is 5.03. The lowest BCUT2D eigenvalue weighted by molar-refractivity contribution is -0.0175. The average Bonchev–Trinajstić information content (AvgIpc) is 2.79. The van der Waals surface area contributed by atoms with Crippen molar-refractivity contribution in [1.29, 1.82) is 0 Å². The van der Waals surface area contributed by atoms with Crippen LogP contribution in [0.3, 0.4) is 0 Å². The van der Waals surface area contributed by atoms with Crippen LogP contribution in [0, 0.1) is 23.7 Å². The summed E-state index contributed by atoms with van der Waals surface area (Å²) in [4.78, 5) is 0. The SMILES string of the molecule is CC(NC1C2CC3CC(C2)CC1C3)c1nncn1C. The number of hydrogen-bond acceptors (Lipinski definition) is 3. The number of hydrogen-bond donors (Lipinski definition) is 1. The minimum atomic E-state index is 0.315. The van der Waals surface area contributed by atoms with Gasteiger partial charge in [-0.05, 0) is 62.7 Å². The van der Waals surface area contributed by atoms with Crippen molar-refractivity contribution in [2.45, 2.75) is 51.1 Å². The lowest BCUT2D eigenvalue weighted by Gasteiger charge is -2.55. The molecule has 1 unspecified atom stereocenters. The molecule has 1 aromatic rings. The predicted octanol–water partition coefficient (Wildman–Crippen LogP) is 2.29. The summed E-state index contributed by atoms with van der Waals surface area (Å²) in [5.41, 5.74) is 0. The molecule has 0 amide bonds. The fourth-order valence-corrected chi connectivity index (χ4v) is 5.24. The van der Waals surface area contributed by atoms with E-state index in [0.717, 1.165) is 35.5 Å². The summed E-state index contributed by atoms with van der Waals surface area (Å²) in [5, 5.41) is 12.1. The highest BCUT2D eigenvalue weighted by Gasteiger charge is 2.48. The van der Waals surface area contributed by atoms with Gasteiger partial charge < -0.3 is 9.88 Å². The Morgan fingerprint density at radius 3 is 2.32 bits per heavy atom. The predicted molar refractivity (Wildman–Crippen MR) is 73.4 cm³/mol. The first kappa shape index (κ1) is 11.9. The zero-order chi connectivity index (χ0) is 13.0. The van der Waals surface area contributed by atoms with Gasteiger partial charge in [0.1, 0.15) is 12.2 Å². The molecule has 4 fully saturated rings. The van der Waals surface area contributed by atoms with Crippen LogP contribution in [0.4, 0.5) is 0 Å². The van der Waals surface area contributed by atoms with Crippen LogP contribution in [0.5, 0.6) is 0 Å². The Balaban J connectivity index is 1.50. The van der Waals surface area contributed by atoms with E-state index in [1.807, 2.05) is 11.6 Å². The molecular formula is C15H24N4. The summed E-state index contributed by atoms with van der Waals surface area (Å²) in [6, 6.07) is 1.04. The second-order valence-corrected chi connectivity index (χ2v) is 7.14. The normalized spacial score (nSPS) is 41.7. The number of rotatable bonds is 3. The number of aryl methyl sites for hydroxylation is 1. The van der Waals surface area contributed by atoms with E-state index in [1.54, 1.807) is 6.33 Å². The maximum Gasteiger partial charge on any atom is 0.149 e. The minimum Gasteiger partial charge on any atom is -0.319 e. The van der Waals surface area contributed by atoms with Crippen LogP contribution in [0.2, 0.25) is 0 Å². The van der Waals surface area contributed by atoms with Crippen LogP contribution >= 0.6 is 0 Å². The van der Waals surface area contributed by atoms with E-state index in [0.29, 0.717) is 6.04 Å². The van der Waals surface area contributed by atoms with E-state index in [-0.39, 0.29) is 0 Å². The van der Waals surface area contributed by atoms with E-state index in [9.17, 15) is 0 Å². The van der Waals surface area contributed by atoms with Crippen molar-refractivity contribution in [1.82, 2.24) is 20.1 Å². The fraction of sp³-hybridized carbons (Fsp3) is 0.867. The van der Waals surface area contributed by atoms with E-state index in [2.05, 4.69) is 22.4 Å². The van der Waals surface area contributed by atoms with Crippen molar-refractivity contribution >= 4 is 0 Å². The Labute approximate surface area is 115 Å². The second-order valence-electron chi connectivity index (χ2n) is 7.14. The Kier molecular flexibility index (Phi) is 2.69. The van der Waals surface area contributed by atoms with E-state index in [4.69, 9.17) is 0 Å². The Morgan fingerprint density at radius 1 is 1.16 bits per heavy atom. The van der Waals surface area contributed by atoms with Crippen molar-refractivity contribution < 1.29 is 0 Å². The second kappa shape index (κ2) is 4.30. The maximum atomic E-state index is 4.25. The third-order valence-electron chi connectivity index (χ3n) is 5.80. The average molecular weight is 260 g/mol. The summed E-state index contributed by atoms with van der Waals surface area (Å²) in [7, 11) is 2.03. The molecule has 19 heavy (non-hydrogen) atoms. The molecule has 0 radical (unpaired) electrons. The van der Waals surface area contributed by atoms with Gasteiger partial charge in [0.2, 0.25) is 0 Å². The molecule has 4 aliphatic rings. The van der Waals surface area contributed by atoms with Gasteiger partial charge >= 0.3 is 0 Å². The van der Waals surface area contributed by atoms with Crippen LogP contribution in [-0.2, 0) is 7.05 Å². The summed E-state index contributed by atoms with van der Waals surface area (Å²) in [5.74, 6) is 5.00. The van der Waals surface area contributed by atoms with Gasteiger partial charge in [0.25, 0.3) is 0 Å². The lowest BCUT2D eigenvalue weighted by atomic mass is 9.54. The molecule has 0 aliphatic heterocycles. The number of aromatic nitrogens is 3. The van der Waals surface area contributed by atoms with Gasteiger partial charge in [-0.2, -0.15) is 0 Å². The van der Waals surface area contributed by atoms with Gasteiger partial charge in [0, 0.05) is 13.1 Å². The van der Waals surface area contributed by atoms with E-state index >= 15 is 0 Å². The molecule has 104 valence electrons. The largest absolute Gasteiger partial charge is 0.319 e. The monoisotopic (exact) mass is 260 g/mol. The summed E-state index contributed by atoms with van der Waals surface area (Å²) < 4.78 is 2.04. The molecule has 5 rings (SSSR count). The molecule has 1 N–H and O–H groups in total. The third-order valence-corrected chi connectivity index (χ3v) is 5.80. The quantitative estimate of drug-likeness (QED) is 0.906. The van der Waals surface area contributed by atoms with E-state index < -0.39 is 0 Å². The van der Waals surface area contributed by atoms with Crippen molar-refractivity contribution in [2.75, 3.05) is 0 Å². The standard InChI is InChI=1S/C15H24N4/c1-9(15-18-16-8-19(15)2)17-14-12-4-10-3-11(6-12)7-13(14)5-10/h8-14,17H,3-7H2,1-2H3. The van der Waals surface area contributed by atoms with Crippen LogP contribution < -0.4 is 5.32 Å². The topological polar surface area (TPSA) is 42.7 Å². The van der Waals surface area contributed by atoms with E-state index in [1.165, 1.54) is 32.1 Å². The molecule has 0 saturated heterocycles. The number of nitrogens with one attached hydrogen (secondary N) is 1. The van der Waals surface area contributed by atoms with Crippen LogP contribution in [0.15, 0.2) is 6.33 Å². The van der Waals surface area contributed by atoms with Gasteiger partial charge in [-0.1, -0.05) is 0 Å². The van der Waals surface area contributed by atoms with Gasteiger partial charge in [0.05, 0.1) is 6.04 Å². The molecular weight excluding hydrogens is 236 g/mol. The summed E-state index contributed by atoms with van der Waals surface area (Å²) in [6.45, 7) is 2.23. The first-order chi connectivity index (χ1) is 9.20. The molecule has 0 spiro atoms. The molecule has 1 aromatic heterocycles. The Morgan fingerprint density at radius 2 is 1.79 bits per heavy atom. The molecule has 4 saturated carbocycles. The van der Waals surface area contributed by atoms with Crippen molar-refractivity contribution in [3.63, 3.8) is 0 Å². The van der Waals surface area contributed by atoms with Crippen molar-refractivity contribution in [2.24, 2.45) is 30.7 Å². The highest BCUT2D eigenvalue weighted by Crippen LogP contribution is 2.54. The minimum absolute atomic E-state index is 0.315. The fourth-order valence-electron chi connectivity index (χ4n) is 5.24.